The molecule has 0 bridgehead atoms. The van der Waals surface area contributed by atoms with E-state index in [1.165, 1.54) is 19.1 Å². The fourth-order valence-electron chi connectivity index (χ4n) is 1.98. The van der Waals surface area contributed by atoms with Crippen molar-refractivity contribution in [3.63, 3.8) is 0 Å². The lowest BCUT2D eigenvalue weighted by Gasteiger charge is -2.04. The average molecular weight is 302 g/mol. The van der Waals surface area contributed by atoms with Crippen LogP contribution in [0.5, 0.6) is 0 Å². The first-order valence-electron chi connectivity index (χ1n) is 6.48. The number of nitrogens with zero attached hydrogens (tertiary/aromatic N) is 2. The van der Waals surface area contributed by atoms with Crippen LogP contribution in [0, 0.1) is 34.1 Å². The highest BCUT2D eigenvalue weighted by molar-refractivity contribution is 5.72. The van der Waals surface area contributed by atoms with Gasteiger partial charge in [-0.3, -0.25) is 20.2 Å². The Morgan fingerprint density at radius 2 is 1.77 bits per heavy atom. The van der Waals surface area contributed by atoms with Gasteiger partial charge in [0.15, 0.2) is 0 Å². The third kappa shape index (κ3) is 3.03. The second kappa shape index (κ2) is 5.80. The predicted molar refractivity (Wildman–Crippen MR) is 80.9 cm³/mol. The van der Waals surface area contributed by atoms with Gasteiger partial charge in [-0.2, -0.15) is 0 Å². The molecule has 0 amide bonds. The SMILES string of the molecule is C/C(=C\c1ccc(-c2cc(C)c(C)cc2[N+](=O)[O-])o1)[N+](=O)[O-]. The zero-order chi connectivity index (χ0) is 16.4. The minimum atomic E-state index is -0.527. The van der Waals surface area contributed by atoms with Gasteiger partial charge in [0.2, 0.25) is 5.70 Å². The van der Waals surface area contributed by atoms with Gasteiger partial charge < -0.3 is 4.42 Å². The van der Waals surface area contributed by atoms with Crippen molar-refractivity contribution in [2.45, 2.75) is 20.8 Å². The molecule has 1 heterocycles. The number of furan rings is 1. The molecule has 0 saturated heterocycles. The summed E-state index contributed by atoms with van der Waals surface area (Å²) in [7, 11) is 0. The zero-order valence-electron chi connectivity index (χ0n) is 12.3. The van der Waals surface area contributed by atoms with Crippen LogP contribution in [0.15, 0.2) is 34.4 Å². The largest absolute Gasteiger partial charge is 0.456 e. The molecule has 0 unspecified atom stereocenters. The van der Waals surface area contributed by atoms with Crippen LogP contribution in [0.25, 0.3) is 17.4 Å². The van der Waals surface area contributed by atoms with Crippen LogP contribution in [0.2, 0.25) is 0 Å². The summed E-state index contributed by atoms with van der Waals surface area (Å²) in [4.78, 5) is 20.8. The second-order valence-corrected chi connectivity index (χ2v) is 4.96. The third-order valence-electron chi connectivity index (χ3n) is 3.34. The summed E-state index contributed by atoms with van der Waals surface area (Å²) in [5.74, 6) is 0.578. The molecule has 1 aromatic carbocycles. The number of nitro groups is 2. The van der Waals surface area contributed by atoms with Crippen molar-refractivity contribution in [3.8, 4) is 11.3 Å². The van der Waals surface area contributed by atoms with Crippen molar-refractivity contribution in [1.82, 2.24) is 0 Å². The van der Waals surface area contributed by atoms with Crippen LogP contribution in [0.3, 0.4) is 0 Å². The maximum Gasteiger partial charge on any atom is 0.280 e. The number of hydrogen-bond acceptors (Lipinski definition) is 5. The lowest BCUT2D eigenvalue weighted by molar-refractivity contribution is -0.422. The summed E-state index contributed by atoms with van der Waals surface area (Å²) in [6.45, 7) is 4.99. The summed E-state index contributed by atoms with van der Waals surface area (Å²) >= 11 is 0. The Kier molecular flexibility index (Phi) is 4.07. The fraction of sp³-hybridized carbons (Fsp3) is 0.200. The average Bonchev–Trinajstić information content (AvgIpc) is 2.89. The van der Waals surface area contributed by atoms with Crippen molar-refractivity contribution in [1.29, 1.82) is 0 Å². The first kappa shape index (κ1) is 15.4. The van der Waals surface area contributed by atoms with E-state index in [1.54, 1.807) is 25.1 Å². The predicted octanol–water partition coefficient (Wildman–Crippen LogP) is 4.11. The van der Waals surface area contributed by atoms with Crippen molar-refractivity contribution >= 4 is 11.8 Å². The molecule has 0 fully saturated rings. The molecule has 0 aliphatic rings. The summed E-state index contributed by atoms with van der Waals surface area (Å²) < 4.78 is 5.49. The van der Waals surface area contributed by atoms with Gasteiger partial charge in [0.25, 0.3) is 5.69 Å². The number of aryl methyl sites for hydroxylation is 2. The van der Waals surface area contributed by atoms with Gasteiger partial charge in [-0.1, -0.05) is 0 Å². The number of rotatable bonds is 4. The topological polar surface area (TPSA) is 99.4 Å². The highest BCUT2D eigenvalue weighted by atomic mass is 16.6. The van der Waals surface area contributed by atoms with Gasteiger partial charge in [-0.15, -0.1) is 0 Å². The molecule has 0 spiro atoms. The molecule has 114 valence electrons. The van der Waals surface area contributed by atoms with Crippen LogP contribution < -0.4 is 0 Å². The number of allylic oxidation sites excluding steroid dienone is 1. The maximum absolute atomic E-state index is 11.2. The monoisotopic (exact) mass is 302 g/mol. The molecule has 0 N–H and O–H groups in total. The van der Waals surface area contributed by atoms with E-state index in [1.807, 2.05) is 6.92 Å². The quantitative estimate of drug-likeness (QED) is 0.625. The standard InChI is InChI=1S/C15H14N2O5/c1-9-6-13(14(17(20)21)7-10(9)2)15-5-4-12(22-15)8-11(3)16(18)19/h4-8H,1-3H3/b11-8+. The van der Waals surface area contributed by atoms with E-state index in [9.17, 15) is 20.2 Å². The van der Waals surface area contributed by atoms with Gasteiger partial charge >= 0.3 is 0 Å². The molecule has 0 atom stereocenters. The van der Waals surface area contributed by atoms with Crippen LogP contribution >= 0.6 is 0 Å². The van der Waals surface area contributed by atoms with E-state index >= 15 is 0 Å². The Labute approximate surface area is 126 Å². The molecule has 22 heavy (non-hydrogen) atoms. The Hall–Kier alpha value is -2.96. The van der Waals surface area contributed by atoms with Crippen LogP contribution in [0.4, 0.5) is 5.69 Å². The second-order valence-electron chi connectivity index (χ2n) is 4.96. The Morgan fingerprint density at radius 3 is 2.36 bits per heavy atom. The normalized spacial score (nSPS) is 11.5. The van der Waals surface area contributed by atoms with Gasteiger partial charge in [0, 0.05) is 13.0 Å². The first-order chi connectivity index (χ1) is 10.3. The van der Waals surface area contributed by atoms with Crippen LogP contribution in [-0.2, 0) is 0 Å². The van der Waals surface area contributed by atoms with Gasteiger partial charge in [0.05, 0.1) is 21.5 Å². The lowest BCUT2D eigenvalue weighted by atomic mass is 10.0. The summed E-state index contributed by atoms with van der Waals surface area (Å²) in [5, 5.41) is 21.8. The number of nitro benzene ring substituents is 1. The summed E-state index contributed by atoms with van der Waals surface area (Å²) in [5.41, 5.74) is 1.93. The van der Waals surface area contributed by atoms with E-state index in [-0.39, 0.29) is 17.1 Å². The first-order valence-corrected chi connectivity index (χ1v) is 6.48. The van der Waals surface area contributed by atoms with Crippen LogP contribution in [-0.4, -0.2) is 9.85 Å². The minimum absolute atomic E-state index is 0.0565. The summed E-state index contributed by atoms with van der Waals surface area (Å²) in [6, 6.07) is 6.28. The van der Waals surface area contributed by atoms with E-state index in [0.717, 1.165) is 11.1 Å². The molecule has 2 rings (SSSR count). The molecule has 0 aliphatic carbocycles. The van der Waals surface area contributed by atoms with E-state index < -0.39 is 9.85 Å². The van der Waals surface area contributed by atoms with Crippen LogP contribution in [0.1, 0.15) is 23.8 Å². The molecule has 0 saturated carbocycles. The molecular formula is C15H14N2O5. The molecule has 2 aromatic rings. The number of hydrogen-bond donors (Lipinski definition) is 0. The molecule has 0 radical (unpaired) electrons. The Balaban J connectivity index is 2.52. The van der Waals surface area contributed by atoms with E-state index in [0.29, 0.717) is 11.3 Å². The molecule has 7 heteroatoms. The zero-order valence-corrected chi connectivity index (χ0v) is 12.3. The Bertz CT molecular complexity index is 789. The lowest BCUT2D eigenvalue weighted by Crippen LogP contribution is -1.94. The van der Waals surface area contributed by atoms with Gasteiger partial charge in [0.1, 0.15) is 11.5 Å². The van der Waals surface area contributed by atoms with Crippen molar-refractivity contribution in [3.05, 3.63) is 67.1 Å². The molecule has 7 nitrogen and oxygen atoms in total. The van der Waals surface area contributed by atoms with Gasteiger partial charge in [-0.25, -0.2) is 0 Å². The highest BCUT2D eigenvalue weighted by Gasteiger charge is 2.19. The smallest absolute Gasteiger partial charge is 0.280 e. The minimum Gasteiger partial charge on any atom is -0.456 e. The van der Waals surface area contributed by atoms with Gasteiger partial charge in [-0.05, 0) is 43.2 Å². The third-order valence-corrected chi connectivity index (χ3v) is 3.34. The number of benzene rings is 1. The van der Waals surface area contributed by atoms with Crippen molar-refractivity contribution < 1.29 is 14.3 Å². The molecular weight excluding hydrogens is 288 g/mol. The fourth-order valence-corrected chi connectivity index (χ4v) is 1.98. The molecule has 0 aliphatic heterocycles. The Morgan fingerprint density at radius 1 is 1.14 bits per heavy atom. The molecule has 1 aromatic heterocycles. The summed E-state index contributed by atoms with van der Waals surface area (Å²) in [6.07, 6.45) is 1.27. The van der Waals surface area contributed by atoms with Crippen molar-refractivity contribution in [2.75, 3.05) is 0 Å². The van der Waals surface area contributed by atoms with E-state index in [4.69, 9.17) is 4.42 Å². The maximum atomic E-state index is 11.2. The van der Waals surface area contributed by atoms with Crippen molar-refractivity contribution in [2.24, 2.45) is 0 Å². The highest BCUT2D eigenvalue weighted by Crippen LogP contribution is 2.34. The van der Waals surface area contributed by atoms with E-state index in [2.05, 4.69) is 0 Å².